The molecular weight excluding hydrogens is 402 g/mol. The molecule has 0 saturated heterocycles. The van der Waals surface area contributed by atoms with Crippen molar-refractivity contribution < 1.29 is 33.3 Å². The lowest BCUT2D eigenvalue weighted by molar-refractivity contribution is -0.147. The summed E-state index contributed by atoms with van der Waals surface area (Å²) in [6.07, 6.45) is 2.97. The minimum Gasteiger partial charge on any atom is -0.493 e. The Labute approximate surface area is 180 Å². The van der Waals surface area contributed by atoms with Crippen molar-refractivity contribution in [3.05, 3.63) is 65.7 Å². The van der Waals surface area contributed by atoms with E-state index in [0.29, 0.717) is 17.1 Å². The highest BCUT2D eigenvalue weighted by atomic mass is 16.5. The van der Waals surface area contributed by atoms with E-state index < -0.39 is 30.5 Å². The largest absolute Gasteiger partial charge is 0.493 e. The number of benzene rings is 2. The van der Waals surface area contributed by atoms with Gasteiger partial charge in [-0.15, -0.1) is 0 Å². The first-order valence-corrected chi connectivity index (χ1v) is 9.44. The molecule has 2 aromatic rings. The first kappa shape index (κ1) is 23.5. The van der Waals surface area contributed by atoms with Crippen molar-refractivity contribution in [1.29, 1.82) is 0 Å². The number of rotatable bonds is 10. The average Bonchev–Trinajstić information content (AvgIpc) is 2.80. The molecule has 31 heavy (non-hydrogen) atoms. The number of hydrogen-bond donors (Lipinski definition) is 1. The van der Waals surface area contributed by atoms with E-state index in [4.69, 9.17) is 18.9 Å². The number of hydrogen-bond acceptors (Lipinski definition) is 7. The minimum atomic E-state index is -0.888. The molecule has 0 radical (unpaired) electrons. The molecule has 164 valence electrons. The van der Waals surface area contributed by atoms with Crippen LogP contribution in [0.1, 0.15) is 11.1 Å². The Morgan fingerprint density at radius 2 is 1.68 bits per heavy atom. The van der Waals surface area contributed by atoms with Crippen LogP contribution in [0.3, 0.4) is 0 Å². The van der Waals surface area contributed by atoms with Crippen molar-refractivity contribution in [3.63, 3.8) is 0 Å². The van der Waals surface area contributed by atoms with Gasteiger partial charge in [0.05, 0.1) is 21.3 Å². The van der Waals surface area contributed by atoms with Gasteiger partial charge in [-0.25, -0.2) is 9.59 Å². The van der Waals surface area contributed by atoms with Crippen molar-refractivity contribution in [2.24, 2.45) is 0 Å². The Kier molecular flexibility index (Phi) is 9.10. The number of nitrogens with one attached hydrogen (secondary N) is 1. The highest BCUT2D eigenvalue weighted by Crippen LogP contribution is 2.27. The Hall–Kier alpha value is -3.81. The molecule has 8 nitrogen and oxygen atoms in total. The third-order valence-electron chi connectivity index (χ3n) is 4.27. The zero-order chi connectivity index (χ0) is 22.6. The molecule has 2 aromatic carbocycles. The lowest BCUT2D eigenvalue weighted by Crippen LogP contribution is -2.44. The molecule has 0 heterocycles. The summed E-state index contributed by atoms with van der Waals surface area (Å²) in [5.74, 6) is -0.821. The van der Waals surface area contributed by atoms with Crippen molar-refractivity contribution in [2.75, 3.05) is 27.9 Å². The quantitative estimate of drug-likeness (QED) is 0.458. The van der Waals surface area contributed by atoms with E-state index in [1.54, 1.807) is 18.2 Å². The van der Waals surface area contributed by atoms with Gasteiger partial charge in [0.15, 0.2) is 18.1 Å². The Morgan fingerprint density at radius 3 is 2.32 bits per heavy atom. The fourth-order valence-corrected chi connectivity index (χ4v) is 2.73. The maximum Gasteiger partial charge on any atom is 0.331 e. The molecule has 0 aromatic heterocycles. The van der Waals surface area contributed by atoms with Crippen LogP contribution in [0, 0.1) is 0 Å². The van der Waals surface area contributed by atoms with Crippen molar-refractivity contribution >= 4 is 23.9 Å². The monoisotopic (exact) mass is 427 g/mol. The summed E-state index contributed by atoms with van der Waals surface area (Å²) in [5.41, 5.74) is 1.54. The first-order chi connectivity index (χ1) is 15.0. The smallest absolute Gasteiger partial charge is 0.331 e. The fraction of sp³-hybridized carbons (Fsp3) is 0.261. The molecular formula is C23H25NO7. The summed E-state index contributed by atoms with van der Waals surface area (Å²) >= 11 is 0. The van der Waals surface area contributed by atoms with Gasteiger partial charge in [0.1, 0.15) is 6.04 Å². The molecule has 0 aliphatic rings. The second-order valence-electron chi connectivity index (χ2n) is 6.39. The second-order valence-corrected chi connectivity index (χ2v) is 6.39. The Morgan fingerprint density at radius 1 is 0.968 bits per heavy atom. The van der Waals surface area contributed by atoms with Crippen LogP contribution >= 0.6 is 0 Å². The molecule has 1 N–H and O–H groups in total. The maximum absolute atomic E-state index is 12.1. The molecule has 1 unspecified atom stereocenters. The van der Waals surface area contributed by atoms with Gasteiger partial charge in [-0.05, 0) is 29.3 Å². The molecule has 2 rings (SSSR count). The van der Waals surface area contributed by atoms with Crippen molar-refractivity contribution in [2.45, 2.75) is 12.5 Å². The molecule has 0 aliphatic heterocycles. The standard InChI is InChI=1S/C23H25NO7/c1-28-19-11-9-17(14-20(19)29-2)10-12-22(26)31-15-21(25)24-18(23(27)30-3)13-16-7-5-4-6-8-16/h4-12,14,18H,13,15H2,1-3H3,(H,24,25)/b12-10+. The normalized spacial score (nSPS) is 11.5. The van der Waals surface area contributed by atoms with Gasteiger partial charge < -0.3 is 24.3 Å². The first-order valence-electron chi connectivity index (χ1n) is 9.44. The minimum absolute atomic E-state index is 0.256. The molecule has 0 bridgehead atoms. The summed E-state index contributed by atoms with van der Waals surface area (Å²) in [6, 6.07) is 13.4. The summed E-state index contributed by atoms with van der Waals surface area (Å²) in [7, 11) is 4.28. The second kappa shape index (κ2) is 12.0. The predicted molar refractivity (Wildman–Crippen MR) is 114 cm³/mol. The van der Waals surface area contributed by atoms with Crippen LogP contribution in [-0.4, -0.2) is 51.8 Å². The lowest BCUT2D eigenvalue weighted by Gasteiger charge is -2.16. The lowest BCUT2D eigenvalue weighted by atomic mass is 10.1. The number of esters is 2. The average molecular weight is 427 g/mol. The van der Waals surface area contributed by atoms with Crippen LogP contribution in [-0.2, 0) is 30.3 Å². The number of ether oxygens (including phenoxy) is 4. The maximum atomic E-state index is 12.1. The number of carbonyl (C=O) groups is 3. The molecule has 8 heteroatoms. The Balaban J connectivity index is 1.89. The fourth-order valence-electron chi connectivity index (χ4n) is 2.73. The Bertz CT molecular complexity index is 925. The SMILES string of the molecule is COC(=O)C(Cc1ccccc1)NC(=O)COC(=O)/C=C/c1ccc(OC)c(OC)c1. The molecule has 1 atom stereocenters. The summed E-state index contributed by atoms with van der Waals surface area (Å²) in [4.78, 5) is 36.0. The van der Waals surface area contributed by atoms with E-state index in [9.17, 15) is 14.4 Å². The van der Waals surface area contributed by atoms with Gasteiger partial charge in [0.25, 0.3) is 5.91 Å². The van der Waals surface area contributed by atoms with Crippen LogP contribution in [0.4, 0.5) is 0 Å². The van der Waals surface area contributed by atoms with Gasteiger partial charge in [-0.1, -0.05) is 36.4 Å². The molecule has 1 amide bonds. The molecule has 0 aliphatic carbocycles. The van der Waals surface area contributed by atoms with Crippen molar-refractivity contribution in [1.82, 2.24) is 5.32 Å². The van der Waals surface area contributed by atoms with Gasteiger partial charge >= 0.3 is 11.9 Å². The summed E-state index contributed by atoms with van der Waals surface area (Å²) < 4.78 is 20.1. The van der Waals surface area contributed by atoms with E-state index in [1.165, 1.54) is 33.5 Å². The van der Waals surface area contributed by atoms with E-state index >= 15 is 0 Å². The van der Waals surface area contributed by atoms with Crippen LogP contribution in [0.2, 0.25) is 0 Å². The number of carbonyl (C=O) groups excluding carboxylic acids is 3. The molecule has 0 spiro atoms. The summed E-state index contributed by atoms with van der Waals surface area (Å²) in [6.45, 7) is -0.530. The van der Waals surface area contributed by atoms with Gasteiger partial charge in [0.2, 0.25) is 0 Å². The van der Waals surface area contributed by atoms with Crippen molar-refractivity contribution in [3.8, 4) is 11.5 Å². The number of amides is 1. The third kappa shape index (κ3) is 7.50. The highest BCUT2D eigenvalue weighted by molar-refractivity contribution is 5.90. The van der Waals surface area contributed by atoms with Gasteiger partial charge in [-0.2, -0.15) is 0 Å². The zero-order valence-corrected chi connectivity index (χ0v) is 17.6. The van der Waals surface area contributed by atoms with E-state index in [0.717, 1.165) is 5.56 Å². The zero-order valence-electron chi connectivity index (χ0n) is 17.6. The summed E-state index contributed by atoms with van der Waals surface area (Å²) in [5, 5.41) is 2.53. The van der Waals surface area contributed by atoms with Crippen LogP contribution in [0.5, 0.6) is 11.5 Å². The van der Waals surface area contributed by atoms with Gasteiger partial charge in [0, 0.05) is 12.5 Å². The van der Waals surface area contributed by atoms with Crippen LogP contribution in [0.15, 0.2) is 54.6 Å². The molecule has 0 fully saturated rings. The number of methoxy groups -OCH3 is 3. The van der Waals surface area contributed by atoms with Crippen LogP contribution < -0.4 is 14.8 Å². The van der Waals surface area contributed by atoms with E-state index in [2.05, 4.69) is 5.32 Å². The van der Waals surface area contributed by atoms with E-state index in [1.807, 2.05) is 30.3 Å². The molecule has 0 saturated carbocycles. The third-order valence-corrected chi connectivity index (χ3v) is 4.27. The van der Waals surface area contributed by atoms with E-state index in [-0.39, 0.29) is 6.42 Å². The highest BCUT2D eigenvalue weighted by Gasteiger charge is 2.22. The predicted octanol–water partition coefficient (Wildman–Crippen LogP) is 2.16. The van der Waals surface area contributed by atoms with Gasteiger partial charge in [-0.3, -0.25) is 4.79 Å². The van der Waals surface area contributed by atoms with Crippen LogP contribution in [0.25, 0.3) is 6.08 Å². The topological polar surface area (TPSA) is 100 Å².